The highest BCUT2D eigenvalue weighted by Gasteiger charge is 2.42. The van der Waals surface area contributed by atoms with E-state index in [4.69, 9.17) is 0 Å². The fourth-order valence-corrected chi connectivity index (χ4v) is 4.28. The Hall–Kier alpha value is -0.160. The van der Waals surface area contributed by atoms with E-state index in [0.717, 1.165) is 38.5 Å². The first-order chi connectivity index (χ1) is 9.68. The van der Waals surface area contributed by atoms with Crippen LogP contribution in [0, 0.1) is 0 Å². The molecule has 1 saturated heterocycles. The summed E-state index contributed by atoms with van der Waals surface area (Å²) in [4.78, 5) is 5.27. The van der Waals surface area contributed by atoms with Gasteiger partial charge >= 0.3 is 0 Å². The lowest BCUT2D eigenvalue weighted by molar-refractivity contribution is 0.146. The molecule has 0 aromatic rings. The second-order valence-electron chi connectivity index (χ2n) is 6.52. The van der Waals surface area contributed by atoms with Gasteiger partial charge in [-0.3, -0.25) is 9.80 Å². The third-order valence-corrected chi connectivity index (χ3v) is 5.48. The Morgan fingerprint density at radius 2 is 2.00 bits per heavy atom. The van der Waals surface area contributed by atoms with Crippen molar-refractivity contribution in [2.75, 3.05) is 39.3 Å². The molecule has 2 N–H and O–H groups in total. The van der Waals surface area contributed by atoms with Crippen molar-refractivity contribution in [2.45, 2.75) is 64.1 Å². The lowest BCUT2D eigenvalue weighted by atomic mass is 9.98. The summed E-state index contributed by atoms with van der Waals surface area (Å²) in [6.45, 7) is 12.7. The van der Waals surface area contributed by atoms with Gasteiger partial charge in [-0.2, -0.15) is 0 Å². The van der Waals surface area contributed by atoms with Gasteiger partial charge in [-0.05, 0) is 45.3 Å². The van der Waals surface area contributed by atoms with Gasteiger partial charge in [-0.25, -0.2) is 0 Å². The highest BCUT2D eigenvalue weighted by molar-refractivity contribution is 5.01. The first-order valence-corrected chi connectivity index (χ1v) is 8.52. The van der Waals surface area contributed by atoms with Crippen molar-refractivity contribution in [2.24, 2.45) is 0 Å². The van der Waals surface area contributed by atoms with Crippen LogP contribution >= 0.6 is 0 Å². The number of likely N-dealkylation sites (tertiary alicyclic amines) is 1. The SMILES string of the molecule is CCNC1(CO)CCC(N2CCC(N(CC)CC)C2)C1. The Kier molecular flexibility index (Phi) is 5.84. The van der Waals surface area contributed by atoms with Gasteiger partial charge in [-0.1, -0.05) is 20.8 Å². The number of nitrogens with one attached hydrogen (secondary N) is 1. The number of hydrogen-bond acceptors (Lipinski definition) is 4. The minimum Gasteiger partial charge on any atom is -0.394 e. The molecule has 0 aromatic heterocycles. The molecule has 3 atom stereocenters. The van der Waals surface area contributed by atoms with Crippen molar-refractivity contribution in [3.63, 3.8) is 0 Å². The van der Waals surface area contributed by atoms with Gasteiger partial charge in [-0.15, -0.1) is 0 Å². The van der Waals surface area contributed by atoms with Crippen LogP contribution in [0.4, 0.5) is 0 Å². The summed E-state index contributed by atoms with van der Waals surface area (Å²) in [5, 5.41) is 13.3. The van der Waals surface area contributed by atoms with Crippen LogP contribution in [0.3, 0.4) is 0 Å². The van der Waals surface area contributed by atoms with Crippen molar-refractivity contribution in [3.05, 3.63) is 0 Å². The van der Waals surface area contributed by atoms with E-state index in [1.54, 1.807) is 0 Å². The molecule has 1 heterocycles. The maximum atomic E-state index is 9.74. The molecule has 4 heteroatoms. The standard InChI is InChI=1S/C16H33N3O/c1-4-17-16(13-20)9-7-14(11-16)19-10-8-15(12-19)18(5-2)6-3/h14-15,17,20H,4-13H2,1-3H3. The van der Waals surface area contributed by atoms with E-state index in [2.05, 4.69) is 35.9 Å². The molecule has 0 aromatic carbocycles. The van der Waals surface area contributed by atoms with E-state index in [1.807, 2.05) is 0 Å². The van der Waals surface area contributed by atoms with Crippen molar-refractivity contribution < 1.29 is 5.11 Å². The van der Waals surface area contributed by atoms with Crippen LogP contribution in [-0.2, 0) is 0 Å². The topological polar surface area (TPSA) is 38.7 Å². The summed E-state index contributed by atoms with van der Waals surface area (Å²) in [7, 11) is 0. The Balaban J connectivity index is 1.88. The van der Waals surface area contributed by atoms with Crippen LogP contribution in [0.25, 0.3) is 0 Å². The Bertz CT molecular complexity index is 295. The lowest BCUT2D eigenvalue weighted by Crippen LogP contribution is -2.48. The summed E-state index contributed by atoms with van der Waals surface area (Å²) in [6, 6.07) is 1.41. The van der Waals surface area contributed by atoms with Gasteiger partial charge in [0.1, 0.15) is 0 Å². The van der Waals surface area contributed by atoms with E-state index in [9.17, 15) is 5.11 Å². The summed E-state index contributed by atoms with van der Waals surface area (Å²) in [6.07, 6.45) is 4.78. The van der Waals surface area contributed by atoms with Gasteiger partial charge < -0.3 is 10.4 Å². The van der Waals surface area contributed by atoms with Crippen molar-refractivity contribution in [1.29, 1.82) is 0 Å². The predicted octanol–water partition coefficient (Wildman–Crippen LogP) is 1.30. The minimum absolute atomic E-state index is 0.00724. The van der Waals surface area contributed by atoms with Crippen LogP contribution in [0.5, 0.6) is 0 Å². The highest BCUT2D eigenvalue weighted by Crippen LogP contribution is 2.34. The average molecular weight is 283 g/mol. The molecule has 2 aliphatic rings. The van der Waals surface area contributed by atoms with Crippen LogP contribution in [-0.4, -0.2) is 71.9 Å². The fraction of sp³-hybridized carbons (Fsp3) is 1.00. The maximum absolute atomic E-state index is 9.74. The molecular weight excluding hydrogens is 250 g/mol. The zero-order valence-corrected chi connectivity index (χ0v) is 13.6. The molecule has 0 radical (unpaired) electrons. The number of rotatable bonds is 7. The summed E-state index contributed by atoms with van der Waals surface area (Å²) >= 11 is 0. The largest absolute Gasteiger partial charge is 0.394 e. The van der Waals surface area contributed by atoms with Crippen LogP contribution in [0.2, 0.25) is 0 Å². The van der Waals surface area contributed by atoms with E-state index >= 15 is 0 Å². The molecule has 3 unspecified atom stereocenters. The number of nitrogens with zero attached hydrogens (tertiary/aromatic N) is 2. The van der Waals surface area contributed by atoms with Crippen LogP contribution in [0.1, 0.15) is 46.5 Å². The van der Waals surface area contributed by atoms with Crippen LogP contribution < -0.4 is 5.32 Å². The number of hydrogen-bond donors (Lipinski definition) is 2. The lowest BCUT2D eigenvalue weighted by Gasteiger charge is -2.31. The first-order valence-electron chi connectivity index (χ1n) is 8.52. The van der Waals surface area contributed by atoms with Gasteiger partial charge in [0.05, 0.1) is 6.61 Å². The summed E-state index contributed by atoms with van der Waals surface area (Å²) < 4.78 is 0. The van der Waals surface area contributed by atoms with E-state index in [1.165, 1.54) is 25.9 Å². The number of aliphatic hydroxyl groups excluding tert-OH is 1. The zero-order valence-electron chi connectivity index (χ0n) is 13.6. The Morgan fingerprint density at radius 1 is 1.25 bits per heavy atom. The van der Waals surface area contributed by atoms with Gasteiger partial charge in [0, 0.05) is 30.7 Å². The molecule has 0 spiro atoms. The smallest absolute Gasteiger partial charge is 0.0613 e. The van der Waals surface area contributed by atoms with Crippen molar-refractivity contribution in [3.8, 4) is 0 Å². The molecule has 20 heavy (non-hydrogen) atoms. The molecule has 4 nitrogen and oxygen atoms in total. The monoisotopic (exact) mass is 283 g/mol. The average Bonchev–Trinajstić information content (AvgIpc) is 3.08. The van der Waals surface area contributed by atoms with E-state index < -0.39 is 0 Å². The molecule has 1 aliphatic carbocycles. The Morgan fingerprint density at radius 3 is 2.60 bits per heavy atom. The van der Waals surface area contributed by atoms with Crippen molar-refractivity contribution >= 4 is 0 Å². The molecule has 2 fully saturated rings. The van der Waals surface area contributed by atoms with E-state index in [-0.39, 0.29) is 12.1 Å². The molecule has 1 saturated carbocycles. The second kappa shape index (κ2) is 7.21. The molecule has 118 valence electrons. The third-order valence-electron chi connectivity index (χ3n) is 5.48. The summed E-state index contributed by atoms with van der Waals surface area (Å²) in [5.74, 6) is 0. The fourth-order valence-electron chi connectivity index (χ4n) is 4.28. The molecule has 2 rings (SSSR count). The molecule has 0 amide bonds. The highest BCUT2D eigenvalue weighted by atomic mass is 16.3. The predicted molar refractivity (Wildman–Crippen MR) is 84.0 cm³/mol. The third kappa shape index (κ3) is 3.35. The molecular formula is C16H33N3O. The molecule has 1 aliphatic heterocycles. The van der Waals surface area contributed by atoms with Crippen molar-refractivity contribution in [1.82, 2.24) is 15.1 Å². The number of likely N-dealkylation sites (N-methyl/N-ethyl adjacent to an activating group) is 2. The quantitative estimate of drug-likeness (QED) is 0.739. The van der Waals surface area contributed by atoms with Gasteiger partial charge in [0.2, 0.25) is 0 Å². The minimum atomic E-state index is -0.00724. The Labute approximate surface area is 124 Å². The second-order valence-corrected chi connectivity index (χ2v) is 6.52. The zero-order chi connectivity index (χ0) is 14.6. The van der Waals surface area contributed by atoms with E-state index in [0.29, 0.717) is 6.04 Å². The summed E-state index contributed by atoms with van der Waals surface area (Å²) in [5.41, 5.74) is -0.00724. The number of aliphatic hydroxyl groups is 1. The first kappa shape index (κ1) is 16.2. The maximum Gasteiger partial charge on any atom is 0.0613 e. The van der Waals surface area contributed by atoms with Gasteiger partial charge in [0.25, 0.3) is 0 Å². The van der Waals surface area contributed by atoms with Crippen LogP contribution in [0.15, 0.2) is 0 Å². The van der Waals surface area contributed by atoms with Gasteiger partial charge in [0.15, 0.2) is 0 Å². The molecule has 0 bridgehead atoms. The normalized spacial score (nSPS) is 35.2.